The van der Waals surface area contributed by atoms with Crippen LogP contribution in [0.25, 0.3) is 11.1 Å². The lowest BCUT2D eigenvalue weighted by Crippen LogP contribution is -2.13. The van der Waals surface area contributed by atoms with Gasteiger partial charge in [0.25, 0.3) is 0 Å². The van der Waals surface area contributed by atoms with E-state index >= 15 is 0 Å². The maximum atomic E-state index is 12.4. The SMILES string of the molecule is CCCc1ccc(CCc2ccc(-c3ccc(C4CCC(CCCF)CC4)cc3)cc2)cc1. The van der Waals surface area contributed by atoms with Crippen molar-refractivity contribution in [1.82, 2.24) is 0 Å². The van der Waals surface area contributed by atoms with Gasteiger partial charge in [-0.3, -0.25) is 4.39 Å². The predicted octanol–water partition coefficient (Wildman–Crippen LogP) is 9.11. The molecule has 174 valence electrons. The van der Waals surface area contributed by atoms with Gasteiger partial charge in [-0.05, 0) is 103 Å². The van der Waals surface area contributed by atoms with E-state index in [1.54, 1.807) is 0 Å². The highest BCUT2D eigenvalue weighted by Gasteiger charge is 2.22. The Labute approximate surface area is 200 Å². The van der Waals surface area contributed by atoms with E-state index in [-0.39, 0.29) is 6.67 Å². The smallest absolute Gasteiger partial charge is 0.0894 e. The van der Waals surface area contributed by atoms with E-state index in [4.69, 9.17) is 0 Å². The van der Waals surface area contributed by atoms with E-state index in [1.807, 2.05) is 0 Å². The lowest BCUT2D eigenvalue weighted by atomic mass is 9.77. The van der Waals surface area contributed by atoms with Gasteiger partial charge in [-0.25, -0.2) is 0 Å². The number of benzene rings is 3. The molecule has 1 fully saturated rings. The zero-order chi connectivity index (χ0) is 22.9. The van der Waals surface area contributed by atoms with Crippen molar-refractivity contribution in [3.05, 3.63) is 95.1 Å². The Kier molecular flexibility index (Phi) is 8.75. The van der Waals surface area contributed by atoms with Gasteiger partial charge in [0.05, 0.1) is 6.67 Å². The minimum atomic E-state index is -0.157. The van der Waals surface area contributed by atoms with Gasteiger partial charge in [-0.1, -0.05) is 86.1 Å². The molecule has 0 amide bonds. The summed E-state index contributed by atoms with van der Waals surface area (Å²) in [5.41, 5.74) is 8.34. The molecular formula is C32H39F. The Morgan fingerprint density at radius 1 is 0.636 bits per heavy atom. The van der Waals surface area contributed by atoms with Crippen LogP contribution in [0.3, 0.4) is 0 Å². The van der Waals surface area contributed by atoms with Crippen LogP contribution in [-0.4, -0.2) is 6.67 Å². The van der Waals surface area contributed by atoms with E-state index in [1.165, 1.54) is 71.9 Å². The highest BCUT2D eigenvalue weighted by Crippen LogP contribution is 2.38. The summed E-state index contributed by atoms with van der Waals surface area (Å²) in [6.07, 6.45) is 11.4. The quantitative estimate of drug-likeness (QED) is 0.294. The van der Waals surface area contributed by atoms with Crippen molar-refractivity contribution < 1.29 is 4.39 Å². The van der Waals surface area contributed by atoms with Crippen LogP contribution in [0.4, 0.5) is 4.39 Å². The lowest BCUT2D eigenvalue weighted by Gasteiger charge is -2.28. The molecule has 1 aliphatic carbocycles. The van der Waals surface area contributed by atoms with Crippen molar-refractivity contribution >= 4 is 0 Å². The Bertz CT molecular complexity index is 945. The molecule has 1 aliphatic rings. The number of aryl methyl sites for hydroxylation is 3. The largest absolute Gasteiger partial charge is 0.251 e. The maximum Gasteiger partial charge on any atom is 0.0894 e. The van der Waals surface area contributed by atoms with Crippen molar-refractivity contribution in [2.45, 2.75) is 77.0 Å². The second kappa shape index (κ2) is 12.2. The molecule has 0 atom stereocenters. The van der Waals surface area contributed by atoms with E-state index in [0.717, 1.165) is 31.6 Å². The molecule has 0 spiro atoms. The lowest BCUT2D eigenvalue weighted by molar-refractivity contribution is 0.293. The van der Waals surface area contributed by atoms with Crippen molar-refractivity contribution in [2.24, 2.45) is 5.92 Å². The van der Waals surface area contributed by atoms with Crippen LogP contribution < -0.4 is 0 Å². The van der Waals surface area contributed by atoms with E-state index in [9.17, 15) is 4.39 Å². The van der Waals surface area contributed by atoms with Crippen LogP contribution >= 0.6 is 0 Å². The van der Waals surface area contributed by atoms with Crippen molar-refractivity contribution in [3.8, 4) is 11.1 Å². The standard InChI is InChI=1S/C32H39F/c1-2-4-25-6-8-27(9-7-25)10-11-28-14-18-30(19-15-28)32-22-20-31(21-23-32)29-16-12-26(13-17-29)5-3-24-33/h6-9,14-15,18-23,26,29H,2-5,10-13,16-17,24H2,1H3. The first kappa shape index (κ1) is 23.7. The zero-order valence-corrected chi connectivity index (χ0v) is 20.2. The van der Waals surface area contributed by atoms with Gasteiger partial charge in [0.1, 0.15) is 0 Å². The van der Waals surface area contributed by atoms with Crippen LogP contribution in [0.1, 0.15) is 80.0 Å². The molecule has 0 radical (unpaired) electrons. The molecule has 3 aromatic carbocycles. The van der Waals surface area contributed by atoms with Gasteiger partial charge in [-0.15, -0.1) is 0 Å². The average Bonchev–Trinajstić information content (AvgIpc) is 2.88. The van der Waals surface area contributed by atoms with Gasteiger partial charge < -0.3 is 0 Å². The minimum absolute atomic E-state index is 0.157. The van der Waals surface area contributed by atoms with Gasteiger partial charge in [0.2, 0.25) is 0 Å². The van der Waals surface area contributed by atoms with Gasteiger partial charge in [0, 0.05) is 0 Å². The molecule has 0 nitrogen and oxygen atoms in total. The van der Waals surface area contributed by atoms with Crippen molar-refractivity contribution in [2.75, 3.05) is 6.67 Å². The Balaban J connectivity index is 1.29. The summed E-state index contributed by atoms with van der Waals surface area (Å²) in [5.74, 6) is 1.43. The summed E-state index contributed by atoms with van der Waals surface area (Å²) in [7, 11) is 0. The number of alkyl halides is 1. The van der Waals surface area contributed by atoms with Crippen LogP contribution in [0.2, 0.25) is 0 Å². The minimum Gasteiger partial charge on any atom is -0.251 e. The zero-order valence-electron chi connectivity index (χ0n) is 20.2. The van der Waals surface area contributed by atoms with Crippen LogP contribution in [-0.2, 0) is 19.3 Å². The van der Waals surface area contributed by atoms with E-state index < -0.39 is 0 Å². The monoisotopic (exact) mass is 442 g/mol. The Morgan fingerprint density at radius 2 is 1.12 bits per heavy atom. The molecular weight excluding hydrogens is 403 g/mol. The summed E-state index contributed by atoms with van der Waals surface area (Å²) in [6, 6.07) is 27.5. The van der Waals surface area contributed by atoms with E-state index in [0.29, 0.717) is 5.92 Å². The third-order valence-corrected chi connectivity index (χ3v) is 7.53. The summed E-state index contributed by atoms with van der Waals surface area (Å²) in [5, 5.41) is 0. The van der Waals surface area contributed by atoms with Crippen molar-refractivity contribution in [3.63, 3.8) is 0 Å². The second-order valence-electron chi connectivity index (χ2n) is 9.93. The molecule has 0 bridgehead atoms. The fourth-order valence-electron chi connectivity index (χ4n) is 5.41. The maximum absolute atomic E-state index is 12.4. The second-order valence-corrected chi connectivity index (χ2v) is 9.93. The van der Waals surface area contributed by atoms with E-state index in [2.05, 4.69) is 79.7 Å². The number of halogens is 1. The third-order valence-electron chi connectivity index (χ3n) is 7.53. The summed E-state index contributed by atoms with van der Waals surface area (Å²) in [4.78, 5) is 0. The predicted molar refractivity (Wildman–Crippen MR) is 140 cm³/mol. The topological polar surface area (TPSA) is 0 Å². The van der Waals surface area contributed by atoms with Gasteiger partial charge in [0.15, 0.2) is 0 Å². The molecule has 0 heterocycles. The Hall–Kier alpha value is -2.41. The van der Waals surface area contributed by atoms with Gasteiger partial charge in [-0.2, -0.15) is 0 Å². The van der Waals surface area contributed by atoms with Crippen LogP contribution in [0.5, 0.6) is 0 Å². The molecule has 33 heavy (non-hydrogen) atoms. The summed E-state index contributed by atoms with van der Waals surface area (Å²) >= 11 is 0. The first-order chi connectivity index (χ1) is 16.2. The summed E-state index contributed by atoms with van der Waals surface area (Å²) < 4.78 is 12.4. The molecule has 0 unspecified atom stereocenters. The molecule has 3 aromatic rings. The fraction of sp³-hybridized carbons (Fsp3) is 0.438. The molecule has 0 aliphatic heterocycles. The van der Waals surface area contributed by atoms with Crippen molar-refractivity contribution in [1.29, 1.82) is 0 Å². The van der Waals surface area contributed by atoms with Crippen LogP contribution in [0, 0.1) is 5.92 Å². The highest BCUT2D eigenvalue weighted by atomic mass is 19.1. The molecule has 1 heteroatoms. The first-order valence-electron chi connectivity index (χ1n) is 13.1. The first-order valence-corrected chi connectivity index (χ1v) is 13.1. The van der Waals surface area contributed by atoms with Gasteiger partial charge >= 0.3 is 0 Å². The number of rotatable bonds is 10. The summed E-state index contributed by atoms with van der Waals surface area (Å²) in [6.45, 7) is 2.07. The molecule has 4 rings (SSSR count). The number of hydrogen-bond donors (Lipinski definition) is 0. The Morgan fingerprint density at radius 3 is 1.64 bits per heavy atom. The average molecular weight is 443 g/mol. The normalized spacial score (nSPS) is 18.4. The molecule has 1 saturated carbocycles. The molecule has 0 aromatic heterocycles. The molecule has 0 saturated heterocycles. The third kappa shape index (κ3) is 6.79. The fourth-order valence-corrected chi connectivity index (χ4v) is 5.41. The highest BCUT2D eigenvalue weighted by molar-refractivity contribution is 5.64. The number of hydrogen-bond acceptors (Lipinski definition) is 0. The van der Waals surface area contributed by atoms with Crippen LogP contribution in [0.15, 0.2) is 72.8 Å². The molecule has 0 N–H and O–H groups in total.